The van der Waals surface area contributed by atoms with E-state index >= 15 is 0 Å². The number of allylic oxidation sites excluding steroid dienone is 2. The number of carbonyl (C=O) groups is 2. The van der Waals surface area contributed by atoms with E-state index < -0.39 is 0 Å². The van der Waals surface area contributed by atoms with Crippen molar-refractivity contribution in [2.75, 3.05) is 6.26 Å². The molecular weight excluding hydrogens is 314 g/mol. The van der Waals surface area contributed by atoms with Crippen molar-refractivity contribution < 1.29 is 14.7 Å². The molecule has 1 aromatic carbocycles. The number of rotatable bonds is 5. The molecule has 0 radical (unpaired) electrons. The Kier molecular flexibility index (Phi) is 7.21. The minimum absolute atomic E-state index is 0.0783. The number of thioether (sulfide) groups is 1. The number of ketones is 1. The molecule has 7 heteroatoms. The van der Waals surface area contributed by atoms with Crippen LogP contribution in [-0.4, -0.2) is 34.8 Å². The van der Waals surface area contributed by atoms with Crippen LogP contribution < -0.4 is 5.43 Å². The van der Waals surface area contributed by atoms with Gasteiger partial charge in [0, 0.05) is 23.6 Å². The highest BCUT2D eigenvalue weighted by Crippen LogP contribution is 2.21. The molecule has 0 atom stereocenters. The maximum Gasteiger partial charge on any atom is 0.206 e. The highest BCUT2D eigenvalue weighted by atomic mass is 32.2. The third-order valence-electron chi connectivity index (χ3n) is 2.68. The Labute approximate surface area is 139 Å². The summed E-state index contributed by atoms with van der Waals surface area (Å²) in [6.07, 6.45) is 5.26. The fourth-order valence-corrected chi connectivity index (χ4v) is 2.04. The number of nitrogens with zero attached hydrogens (tertiary/aromatic N) is 2. The number of hydrogen-bond donors (Lipinski definition) is 2. The summed E-state index contributed by atoms with van der Waals surface area (Å²) >= 11 is 1.30. The molecular formula is C16H19N3O3S. The van der Waals surface area contributed by atoms with Crippen LogP contribution in [0.15, 0.2) is 34.0 Å². The van der Waals surface area contributed by atoms with E-state index in [1.807, 2.05) is 6.92 Å². The van der Waals surface area contributed by atoms with Crippen LogP contribution in [0.3, 0.4) is 0 Å². The number of carbonyl (C=O) groups excluding carboxylic acids is 2. The van der Waals surface area contributed by atoms with Crippen molar-refractivity contribution in [3.05, 3.63) is 40.6 Å². The van der Waals surface area contributed by atoms with E-state index in [9.17, 15) is 14.7 Å². The molecule has 1 rings (SSSR count). The van der Waals surface area contributed by atoms with Crippen molar-refractivity contribution in [3.8, 4) is 5.75 Å². The highest BCUT2D eigenvalue weighted by molar-refractivity contribution is 8.13. The average molecular weight is 333 g/mol. The topological polar surface area (TPSA) is 91.1 Å². The summed E-state index contributed by atoms with van der Waals surface area (Å²) in [5.74, 6) is -0.194. The summed E-state index contributed by atoms with van der Waals surface area (Å²) in [6, 6.07) is 3.32. The Bertz CT molecular complexity index is 694. The summed E-state index contributed by atoms with van der Waals surface area (Å²) < 4.78 is 0. The minimum atomic E-state index is -0.115. The fourth-order valence-electron chi connectivity index (χ4n) is 1.75. The molecule has 0 aliphatic rings. The van der Waals surface area contributed by atoms with Gasteiger partial charge in [0.2, 0.25) is 5.17 Å². The number of aliphatic imine (C=N–C) groups is 1. The maximum absolute atomic E-state index is 11.0. The zero-order valence-corrected chi connectivity index (χ0v) is 14.3. The standard InChI is InChI=1S/C16H19N3O3S/c1-10-5-13(15(22)14(6-10)9-20)8-17-16(23-4)19-18-11(2)7-12(3)21/h5-9,18,22H,1-4H3/b11-7+,17-8+,19-16-. The highest BCUT2D eigenvalue weighted by Gasteiger charge is 2.06. The van der Waals surface area contributed by atoms with Crippen LogP contribution in [-0.2, 0) is 4.79 Å². The van der Waals surface area contributed by atoms with Crippen LogP contribution in [0, 0.1) is 6.92 Å². The van der Waals surface area contributed by atoms with Gasteiger partial charge in [0.1, 0.15) is 5.75 Å². The van der Waals surface area contributed by atoms with Crippen molar-refractivity contribution in [2.24, 2.45) is 10.1 Å². The van der Waals surface area contributed by atoms with Crippen LogP contribution in [0.2, 0.25) is 0 Å². The molecule has 0 aliphatic carbocycles. The van der Waals surface area contributed by atoms with Gasteiger partial charge in [-0.3, -0.25) is 15.0 Å². The van der Waals surface area contributed by atoms with E-state index in [-0.39, 0.29) is 17.1 Å². The Hall–Kier alpha value is -2.41. The molecule has 0 heterocycles. The molecule has 0 saturated carbocycles. The molecule has 0 aromatic heterocycles. The fraction of sp³-hybridized carbons (Fsp3) is 0.250. The molecule has 2 N–H and O–H groups in total. The van der Waals surface area contributed by atoms with Crippen molar-refractivity contribution in [1.82, 2.24) is 5.43 Å². The van der Waals surface area contributed by atoms with E-state index in [1.54, 1.807) is 25.3 Å². The largest absolute Gasteiger partial charge is 0.507 e. The smallest absolute Gasteiger partial charge is 0.206 e. The van der Waals surface area contributed by atoms with Gasteiger partial charge in [-0.05, 0) is 44.7 Å². The van der Waals surface area contributed by atoms with E-state index in [4.69, 9.17) is 0 Å². The zero-order chi connectivity index (χ0) is 17.4. The van der Waals surface area contributed by atoms with Gasteiger partial charge in [0.15, 0.2) is 12.1 Å². The van der Waals surface area contributed by atoms with Gasteiger partial charge in [-0.1, -0.05) is 11.8 Å². The lowest BCUT2D eigenvalue weighted by atomic mass is 10.1. The summed E-state index contributed by atoms with van der Waals surface area (Å²) in [6.45, 7) is 4.99. The van der Waals surface area contributed by atoms with Gasteiger partial charge in [0.25, 0.3) is 0 Å². The summed E-state index contributed by atoms with van der Waals surface area (Å²) in [5.41, 5.74) is 4.81. The van der Waals surface area contributed by atoms with E-state index in [0.29, 0.717) is 22.7 Å². The molecule has 122 valence electrons. The van der Waals surface area contributed by atoms with Gasteiger partial charge < -0.3 is 5.11 Å². The van der Waals surface area contributed by atoms with Crippen LogP contribution in [0.1, 0.15) is 35.3 Å². The van der Waals surface area contributed by atoms with Crippen molar-refractivity contribution >= 4 is 35.2 Å². The zero-order valence-electron chi connectivity index (χ0n) is 13.5. The lowest BCUT2D eigenvalue weighted by Gasteiger charge is -2.04. The number of hydrogen-bond acceptors (Lipinski definition) is 6. The quantitative estimate of drug-likeness (QED) is 0.284. The number of aldehydes is 1. The Morgan fingerprint density at radius 1 is 1.30 bits per heavy atom. The van der Waals surface area contributed by atoms with Crippen LogP contribution in [0.5, 0.6) is 5.75 Å². The third-order valence-corrected chi connectivity index (χ3v) is 3.25. The number of phenols is 1. The monoisotopic (exact) mass is 333 g/mol. The summed E-state index contributed by atoms with van der Waals surface area (Å²) in [7, 11) is 0. The Balaban J connectivity index is 2.99. The van der Waals surface area contributed by atoms with Gasteiger partial charge >= 0.3 is 0 Å². The molecule has 0 aliphatic heterocycles. The number of amidine groups is 1. The molecule has 23 heavy (non-hydrogen) atoms. The number of aromatic hydroxyl groups is 1. The van der Waals surface area contributed by atoms with E-state index in [1.165, 1.54) is 31.0 Å². The summed E-state index contributed by atoms with van der Waals surface area (Å²) in [4.78, 5) is 26.0. The second kappa shape index (κ2) is 8.89. The number of phenolic OH excluding ortho intramolecular Hbond substituents is 1. The molecule has 0 spiro atoms. The predicted octanol–water partition coefficient (Wildman–Crippen LogP) is 2.65. The molecule has 0 amide bonds. The molecule has 1 aromatic rings. The molecule has 6 nitrogen and oxygen atoms in total. The average Bonchev–Trinajstić information content (AvgIpc) is 2.49. The summed E-state index contributed by atoms with van der Waals surface area (Å²) in [5, 5.41) is 14.5. The van der Waals surface area contributed by atoms with Crippen LogP contribution >= 0.6 is 11.8 Å². The normalized spacial score (nSPS) is 12.5. The lowest BCUT2D eigenvalue weighted by Crippen LogP contribution is -2.06. The first-order chi connectivity index (χ1) is 10.9. The Morgan fingerprint density at radius 3 is 2.52 bits per heavy atom. The lowest BCUT2D eigenvalue weighted by molar-refractivity contribution is -0.112. The van der Waals surface area contributed by atoms with Crippen LogP contribution in [0.4, 0.5) is 0 Å². The number of nitrogens with one attached hydrogen (secondary N) is 1. The number of benzene rings is 1. The third kappa shape index (κ3) is 6.07. The van der Waals surface area contributed by atoms with Gasteiger partial charge in [-0.25, -0.2) is 4.99 Å². The van der Waals surface area contributed by atoms with Crippen molar-refractivity contribution in [2.45, 2.75) is 20.8 Å². The Morgan fingerprint density at radius 2 is 1.96 bits per heavy atom. The van der Waals surface area contributed by atoms with Gasteiger partial charge in [0.05, 0.1) is 5.56 Å². The first-order valence-electron chi connectivity index (χ1n) is 6.76. The molecule has 0 saturated heterocycles. The predicted molar refractivity (Wildman–Crippen MR) is 94.3 cm³/mol. The maximum atomic E-state index is 11.0. The van der Waals surface area contributed by atoms with Crippen molar-refractivity contribution in [1.29, 1.82) is 0 Å². The first kappa shape index (κ1) is 18.6. The van der Waals surface area contributed by atoms with Gasteiger partial charge in [-0.15, -0.1) is 5.10 Å². The van der Waals surface area contributed by atoms with Crippen LogP contribution in [0.25, 0.3) is 0 Å². The first-order valence-corrected chi connectivity index (χ1v) is 7.99. The molecule has 0 unspecified atom stereocenters. The minimum Gasteiger partial charge on any atom is -0.507 e. The van der Waals surface area contributed by atoms with Gasteiger partial charge in [-0.2, -0.15) is 0 Å². The second-order valence-electron chi connectivity index (χ2n) is 4.82. The van der Waals surface area contributed by atoms with E-state index in [0.717, 1.165) is 5.56 Å². The number of hydrazone groups is 1. The van der Waals surface area contributed by atoms with E-state index in [2.05, 4.69) is 15.5 Å². The number of aryl methyl sites for hydroxylation is 1. The van der Waals surface area contributed by atoms with Crippen molar-refractivity contribution in [3.63, 3.8) is 0 Å². The molecule has 0 fully saturated rings. The molecule has 0 bridgehead atoms. The second-order valence-corrected chi connectivity index (χ2v) is 5.59. The SMILES string of the molecule is CSC(=N\N/C(C)=C/C(C)=O)/N=C/c1cc(C)cc(C=O)c1O.